The number of hydrogen-bond acceptors (Lipinski definition) is 1. The maximum atomic E-state index is 12.1. The number of benzene rings is 1. The van der Waals surface area contributed by atoms with Crippen molar-refractivity contribution in [2.45, 2.75) is 25.6 Å². The van der Waals surface area contributed by atoms with Gasteiger partial charge in [0.15, 0.2) is 5.78 Å². The average Bonchev–Trinajstić information content (AvgIpc) is 2.51. The van der Waals surface area contributed by atoms with Crippen LogP contribution in [0.2, 0.25) is 0 Å². The van der Waals surface area contributed by atoms with E-state index in [4.69, 9.17) is 0 Å². The standard InChI is InChI=1S/C13H14BrNO/c1-7-4-5-10-11(6-7)15-9(3)12(10)13(16)8(2)14/h4-6,8,15H,1-3H3/t8-/m1/s1. The zero-order valence-corrected chi connectivity index (χ0v) is 11.2. The summed E-state index contributed by atoms with van der Waals surface area (Å²) >= 11 is 3.33. The first kappa shape index (κ1) is 11.4. The van der Waals surface area contributed by atoms with Gasteiger partial charge in [-0.15, -0.1) is 0 Å². The number of halogens is 1. The molecule has 0 radical (unpaired) electrons. The quantitative estimate of drug-likeness (QED) is 0.659. The molecule has 0 saturated heterocycles. The molecule has 84 valence electrons. The van der Waals surface area contributed by atoms with Gasteiger partial charge in [-0.1, -0.05) is 28.1 Å². The molecule has 0 spiro atoms. The second kappa shape index (κ2) is 4.06. The van der Waals surface area contributed by atoms with Crippen molar-refractivity contribution in [2.24, 2.45) is 0 Å². The molecule has 0 saturated carbocycles. The molecule has 0 aliphatic heterocycles. The minimum atomic E-state index is -0.147. The Balaban J connectivity index is 2.70. The van der Waals surface area contributed by atoms with Crippen LogP contribution in [0.3, 0.4) is 0 Å². The van der Waals surface area contributed by atoms with E-state index in [1.165, 1.54) is 5.56 Å². The molecule has 2 aromatic rings. The van der Waals surface area contributed by atoms with Gasteiger partial charge >= 0.3 is 0 Å². The molecule has 0 bridgehead atoms. The second-order valence-electron chi connectivity index (χ2n) is 4.15. The first-order valence-corrected chi connectivity index (χ1v) is 6.19. The minimum Gasteiger partial charge on any atom is -0.358 e. The maximum Gasteiger partial charge on any atom is 0.178 e. The van der Waals surface area contributed by atoms with E-state index in [9.17, 15) is 4.79 Å². The van der Waals surface area contributed by atoms with Crippen molar-refractivity contribution in [1.29, 1.82) is 0 Å². The Labute approximate surface area is 103 Å². The number of nitrogens with one attached hydrogen (secondary N) is 1. The fourth-order valence-corrected chi connectivity index (χ4v) is 2.19. The summed E-state index contributed by atoms with van der Waals surface area (Å²) < 4.78 is 0. The molecule has 0 aliphatic rings. The van der Waals surface area contributed by atoms with Gasteiger partial charge in [-0.25, -0.2) is 0 Å². The maximum absolute atomic E-state index is 12.1. The van der Waals surface area contributed by atoms with E-state index in [-0.39, 0.29) is 10.6 Å². The normalized spacial score (nSPS) is 13.0. The summed E-state index contributed by atoms with van der Waals surface area (Å²) in [5.41, 5.74) is 3.98. The average molecular weight is 280 g/mol. The molecule has 1 atom stereocenters. The Bertz CT molecular complexity index is 554. The van der Waals surface area contributed by atoms with E-state index in [0.29, 0.717) is 0 Å². The molecule has 1 aromatic carbocycles. The van der Waals surface area contributed by atoms with Crippen molar-refractivity contribution >= 4 is 32.6 Å². The molecule has 1 aromatic heterocycles. The van der Waals surface area contributed by atoms with Crippen LogP contribution in [-0.4, -0.2) is 15.6 Å². The molecule has 2 rings (SSSR count). The van der Waals surface area contributed by atoms with Crippen molar-refractivity contribution in [3.8, 4) is 0 Å². The lowest BCUT2D eigenvalue weighted by Gasteiger charge is -2.02. The molecule has 16 heavy (non-hydrogen) atoms. The Kier molecular flexibility index (Phi) is 2.89. The van der Waals surface area contributed by atoms with Gasteiger partial charge in [0.25, 0.3) is 0 Å². The van der Waals surface area contributed by atoms with E-state index in [0.717, 1.165) is 22.2 Å². The van der Waals surface area contributed by atoms with Crippen LogP contribution in [0.15, 0.2) is 18.2 Å². The summed E-state index contributed by atoms with van der Waals surface area (Å²) in [4.78, 5) is 15.2. The summed E-state index contributed by atoms with van der Waals surface area (Å²) in [5, 5.41) is 1.01. The van der Waals surface area contributed by atoms with Crippen LogP contribution in [-0.2, 0) is 0 Å². The van der Waals surface area contributed by atoms with Crippen LogP contribution in [0.25, 0.3) is 10.9 Å². The number of carbonyl (C=O) groups is 1. The Morgan fingerprint density at radius 2 is 2.06 bits per heavy atom. The topological polar surface area (TPSA) is 32.9 Å². The predicted octanol–water partition coefficient (Wildman–Crippen LogP) is 3.75. The van der Waals surface area contributed by atoms with E-state index in [1.807, 2.05) is 32.9 Å². The second-order valence-corrected chi connectivity index (χ2v) is 5.53. The Hall–Kier alpha value is -1.09. The number of Topliss-reactive ketones (excluding diaryl/α,β-unsaturated/α-hetero) is 1. The molecule has 0 fully saturated rings. The number of alkyl halides is 1. The largest absolute Gasteiger partial charge is 0.358 e. The molecule has 3 heteroatoms. The van der Waals surface area contributed by atoms with Crippen LogP contribution < -0.4 is 0 Å². The molecular weight excluding hydrogens is 266 g/mol. The Morgan fingerprint density at radius 3 is 2.69 bits per heavy atom. The van der Waals surface area contributed by atoms with Gasteiger partial charge in [-0.2, -0.15) is 0 Å². The lowest BCUT2D eigenvalue weighted by atomic mass is 10.0. The summed E-state index contributed by atoms with van der Waals surface area (Å²) in [6.07, 6.45) is 0. The van der Waals surface area contributed by atoms with Gasteiger partial charge in [0.2, 0.25) is 0 Å². The third-order valence-electron chi connectivity index (χ3n) is 2.75. The van der Waals surface area contributed by atoms with Crippen LogP contribution in [0.1, 0.15) is 28.5 Å². The van der Waals surface area contributed by atoms with Crippen molar-refractivity contribution in [1.82, 2.24) is 4.98 Å². The van der Waals surface area contributed by atoms with Gasteiger partial charge in [-0.05, 0) is 32.4 Å². The van der Waals surface area contributed by atoms with Crippen LogP contribution in [0, 0.1) is 13.8 Å². The van der Waals surface area contributed by atoms with Gasteiger partial charge < -0.3 is 4.98 Å². The van der Waals surface area contributed by atoms with Gasteiger partial charge in [0.05, 0.1) is 4.83 Å². The SMILES string of the molecule is Cc1ccc2c(C(=O)[C@@H](C)Br)c(C)[nH]c2c1. The number of aromatic nitrogens is 1. The monoisotopic (exact) mass is 279 g/mol. The van der Waals surface area contributed by atoms with Crippen molar-refractivity contribution in [2.75, 3.05) is 0 Å². The molecule has 1 N–H and O–H groups in total. The first-order chi connectivity index (χ1) is 7.50. The molecular formula is C13H14BrNO. The minimum absolute atomic E-state index is 0.132. The number of aromatic amines is 1. The van der Waals surface area contributed by atoms with E-state index in [2.05, 4.69) is 27.0 Å². The molecule has 2 nitrogen and oxygen atoms in total. The zero-order chi connectivity index (χ0) is 11.9. The van der Waals surface area contributed by atoms with Crippen LogP contribution >= 0.6 is 15.9 Å². The number of fused-ring (bicyclic) bond motifs is 1. The third kappa shape index (κ3) is 1.80. The number of H-pyrrole nitrogens is 1. The summed E-state index contributed by atoms with van der Waals surface area (Å²) in [7, 11) is 0. The number of carbonyl (C=O) groups excluding carboxylic acids is 1. The lowest BCUT2D eigenvalue weighted by Crippen LogP contribution is -2.10. The fraction of sp³-hybridized carbons (Fsp3) is 0.308. The molecule has 0 amide bonds. The number of rotatable bonds is 2. The van der Waals surface area contributed by atoms with Gasteiger partial charge in [0.1, 0.15) is 0 Å². The summed E-state index contributed by atoms with van der Waals surface area (Å²) in [5.74, 6) is 0.132. The fourth-order valence-electron chi connectivity index (χ4n) is 1.96. The van der Waals surface area contributed by atoms with E-state index < -0.39 is 0 Å². The highest BCUT2D eigenvalue weighted by molar-refractivity contribution is 9.10. The van der Waals surface area contributed by atoms with Crippen LogP contribution in [0.5, 0.6) is 0 Å². The highest BCUT2D eigenvalue weighted by atomic mass is 79.9. The summed E-state index contributed by atoms with van der Waals surface area (Å²) in [6, 6.07) is 6.11. The van der Waals surface area contributed by atoms with Crippen molar-refractivity contribution in [3.63, 3.8) is 0 Å². The number of aryl methyl sites for hydroxylation is 2. The first-order valence-electron chi connectivity index (χ1n) is 5.28. The smallest absolute Gasteiger partial charge is 0.178 e. The highest BCUT2D eigenvalue weighted by Gasteiger charge is 2.19. The van der Waals surface area contributed by atoms with Crippen molar-refractivity contribution < 1.29 is 4.79 Å². The van der Waals surface area contributed by atoms with Gasteiger partial charge in [-0.3, -0.25) is 4.79 Å². The Morgan fingerprint density at radius 1 is 1.38 bits per heavy atom. The number of ketones is 1. The molecule has 1 heterocycles. The van der Waals surface area contributed by atoms with E-state index >= 15 is 0 Å². The number of hydrogen-bond donors (Lipinski definition) is 1. The third-order valence-corrected chi connectivity index (χ3v) is 3.17. The van der Waals surface area contributed by atoms with Crippen molar-refractivity contribution in [3.05, 3.63) is 35.0 Å². The summed E-state index contributed by atoms with van der Waals surface area (Å²) in [6.45, 7) is 5.84. The lowest BCUT2D eigenvalue weighted by molar-refractivity contribution is 0.0997. The molecule has 0 aliphatic carbocycles. The van der Waals surface area contributed by atoms with Crippen LogP contribution in [0.4, 0.5) is 0 Å². The zero-order valence-electron chi connectivity index (χ0n) is 9.60. The van der Waals surface area contributed by atoms with E-state index in [1.54, 1.807) is 0 Å². The predicted molar refractivity (Wildman–Crippen MR) is 70.5 cm³/mol. The molecule has 0 unspecified atom stereocenters. The van der Waals surface area contributed by atoms with Gasteiger partial charge in [0, 0.05) is 22.2 Å². The highest BCUT2D eigenvalue weighted by Crippen LogP contribution is 2.25.